The second-order valence-electron chi connectivity index (χ2n) is 7.05. The SMILES string of the molecule is CC(NCC1(O)CN(C(=O)OC(C)(C)C)C1)c1cccnc1Cl. The summed E-state index contributed by atoms with van der Waals surface area (Å²) in [7, 11) is 0. The highest BCUT2D eigenvalue weighted by molar-refractivity contribution is 6.30. The predicted molar refractivity (Wildman–Crippen MR) is 88.4 cm³/mol. The molecule has 1 aliphatic rings. The Hall–Kier alpha value is -1.37. The Morgan fingerprint density at radius 2 is 2.22 bits per heavy atom. The van der Waals surface area contributed by atoms with Crippen LogP contribution in [0.2, 0.25) is 5.15 Å². The minimum absolute atomic E-state index is 0.0456. The van der Waals surface area contributed by atoms with E-state index < -0.39 is 17.3 Å². The summed E-state index contributed by atoms with van der Waals surface area (Å²) >= 11 is 6.06. The smallest absolute Gasteiger partial charge is 0.410 e. The van der Waals surface area contributed by atoms with Crippen molar-refractivity contribution < 1.29 is 14.6 Å². The lowest BCUT2D eigenvalue weighted by Gasteiger charge is -2.46. The quantitative estimate of drug-likeness (QED) is 0.822. The lowest BCUT2D eigenvalue weighted by Crippen LogP contribution is -2.67. The summed E-state index contributed by atoms with van der Waals surface area (Å²) < 4.78 is 5.28. The van der Waals surface area contributed by atoms with Crippen molar-refractivity contribution in [1.82, 2.24) is 15.2 Å². The Morgan fingerprint density at radius 3 is 2.78 bits per heavy atom. The number of carbonyl (C=O) groups excluding carboxylic acids is 1. The van der Waals surface area contributed by atoms with Crippen molar-refractivity contribution >= 4 is 17.7 Å². The van der Waals surface area contributed by atoms with Gasteiger partial charge in [-0.3, -0.25) is 0 Å². The number of halogens is 1. The van der Waals surface area contributed by atoms with Crippen molar-refractivity contribution in [1.29, 1.82) is 0 Å². The number of aliphatic hydroxyl groups is 1. The molecule has 6 nitrogen and oxygen atoms in total. The minimum atomic E-state index is -0.945. The van der Waals surface area contributed by atoms with Gasteiger partial charge in [0.1, 0.15) is 16.4 Å². The van der Waals surface area contributed by atoms with E-state index in [1.807, 2.05) is 39.8 Å². The Labute approximate surface area is 141 Å². The van der Waals surface area contributed by atoms with Gasteiger partial charge in [0.2, 0.25) is 0 Å². The number of rotatable bonds is 4. The molecule has 1 unspecified atom stereocenters. The monoisotopic (exact) mass is 341 g/mol. The van der Waals surface area contributed by atoms with E-state index in [1.54, 1.807) is 6.20 Å². The normalized spacial score (nSPS) is 18.3. The lowest BCUT2D eigenvalue weighted by atomic mass is 9.94. The molecule has 2 heterocycles. The number of carbonyl (C=O) groups is 1. The van der Waals surface area contributed by atoms with Crippen molar-refractivity contribution in [3.05, 3.63) is 29.0 Å². The number of β-amino-alcohol motifs (C(OH)–C–C–N with tert-alkyl or cyclic N) is 1. The molecule has 0 bridgehead atoms. The lowest BCUT2D eigenvalue weighted by molar-refractivity contribution is -0.0968. The summed E-state index contributed by atoms with van der Waals surface area (Å²) in [6.07, 6.45) is 1.24. The van der Waals surface area contributed by atoms with Crippen molar-refractivity contribution in [2.24, 2.45) is 0 Å². The van der Waals surface area contributed by atoms with Crippen molar-refractivity contribution in [2.45, 2.75) is 44.9 Å². The zero-order valence-corrected chi connectivity index (χ0v) is 14.7. The van der Waals surface area contributed by atoms with Crippen LogP contribution >= 0.6 is 11.6 Å². The Balaban J connectivity index is 1.82. The van der Waals surface area contributed by atoms with Crippen molar-refractivity contribution in [2.75, 3.05) is 19.6 Å². The van der Waals surface area contributed by atoms with Crippen LogP contribution in [0.3, 0.4) is 0 Å². The number of nitrogens with one attached hydrogen (secondary N) is 1. The van der Waals surface area contributed by atoms with E-state index >= 15 is 0 Å². The van der Waals surface area contributed by atoms with Crippen LogP contribution in [0.25, 0.3) is 0 Å². The molecule has 128 valence electrons. The first-order valence-electron chi connectivity index (χ1n) is 7.64. The molecular weight excluding hydrogens is 318 g/mol. The van der Waals surface area contributed by atoms with E-state index in [0.717, 1.165) is 5.56 Å². The summed E-state index contributed by atoms with van der Waals surface area (Å²) in [5, 5.41) is 14.1. The first kappa shape index (κ1) is 18.0. The van der Waals surface area contributed by atoms with Gasteiger partial charge in [-0.05, 0) is 33.8 Å². The maximum absolute atomic E-state index is 11.9. The van der Waals surface area contributed by atoms with Gasteiger partial charge in [-0.15, -0.1) is 0 Å². The molecule has 1 fully saturated rings. The van der Waals surface area contributed by atoms with Gasteiger partial charge in [0.15, 0.2) is 0 Å². The van der Waals surface area contributed by atoms with E-state index in [0.29, 0.717) is 11.7 Å². The molecule has 1 saturated heterocycles. The molecule has 2 rings (SSSR count). The molecule has 0 radical (unpaired) electrons. The Bertz CT molecular complexity index is 568. The second kappa shape index (κ2) is 6.63. The first-order chi connectivity index (χ1) is 10.6. The molecule has 1 amide bonds. The maximum atomic E-state index is 11.9. The van der Waals surface area contributed by atoms with Crippen LogP contribution in [0.5, 0.6) is 0 Å². The number of likely N-dealkylation sites (tertiary alicyclic amines) is 1. The van der Waals surface area contributed by atoms with Gasteiger partial charge in [-0.2, -0.15) is 0 Å². The number of aromatic nitrogens is 1. The molecule has 1 atom stereocenters. The van der Waals surface area contributed by atoms with Crippen molar-refractivity contribution in [3.63, 3.8) is 0 Å². The van der Waals surface area contributed by atoms with Crippen LogP contribution in [0.15, 0.2) is 18.3 Å². The fourth-order valence-corrected chi connectivity index (χ4v) is 2.69. The van der Waals surface area contributed by atoms with Crippen LogP contribution in [0, 0.1) is 0 Å². The van der Waals surface area contributed by atoms with E-state index in [-0.39, 0.29) is 19.1 Å². The second-order valence-corrected chi connectivity index (χ2v) is 7.40. The molecule has 1 aromatic rings. The number of hydrogen-bond acceptors (Lipinski definition) is 5. The van der Waals surface area contributed by atoms with Crippen LogP contribution in [-0.4, -0.2) is 51.9 Å². The Kier molecular flexibility index (Phi) is 5.18. The third-order valence-corrected chi connectivity index (χ3v) is 3.93. The molecule has 1 aromatic heterocycles. The van der Waals surface area contributed by atoms with E-state index in [1.165, 1.54) is 4.90 Å². The fraction of sp³-hybridized carbons (Fsp3) is 0.625. The van der Waals surface area contributed by atoms with Crippen LogP contribution in [0.1, 0.15) is 39.3 Å². The minimum Gasteiger partial charge on any atom is -0.444 e. The van der Waals surface area contributed by atoms with E-state index in [9.17, 15) is 9.90 Å². The molecule has 0 spiro atoms. The molecule has 0 saturated carbocycles. The third-order valence-electron chi connectivity index (χ3n) is 3.61. The highest BCUT2D eigenvalue weighted by Crippen LogP contribution is 2.25. The molecular formula is C16H24ClN3O3. The standard InChI is InChI=1S/C16H24ClN3O3/c1-11(12-6-5-7-18-13(12)17)19-8-16(22)9-20(10-16)14(21)23-15(2,3)4/h5-7,11,19,22H,8-10H2,1-4H3. The van der Waals surface area contributed by atoms with E-state index in [2.05, 4.69) is 10.3 Å². The summed E-state index contributed by atoms with van der Waals surface area (Å²) in [6, 6.07) is 3.67. The van der Waals surface area contributed by atoms with Gasteiger partial charge in [-0.1, -0.05) is 17.7 Å². The largest absolute Gasteiger partial charge is 0.444 e. The Morgan fingerprint density at radius 1 is 1.57 bits per heavy atom. The van der Waals surface area contributed by atoms with Gasteiger partial charge in [-0.25, -0.2) is 9.78 Å². The molecule has 23 heavy (non-hydrogen) atoms. The number of hydrogen-bond donors (Lipinski definition) is 2. The van der Waals surface area contributed by atoms with Crippen LogP contribution in [0.4, 0.5) is 4.79 Å². The topological polar surface area (TPSA) is 74.7 Å². The van der Waals surface area contributed by atoms with Gasteiger partial charge in [0, 0.05) is 24.3 Å². The van der Waals surface area contributed by atoms with Gasteiger partial charge < -0.3 is 20.1 Å². The maximum Gasteiger partial charge on any atom is 0.410 e. The molecule has 0 aromatic carbocycles. The zero-order valence-electron chi connectivity index (χ0n) is 14.0. The summed E-state index contributed by atoms with van der Waals surface area (Å²) in [5.74, 6) is 0. The zero-order chi connectivity index (χ0) is 17.3. The number of ether oxygens (including phenoxy) is 1. The average molecular weight is 342 g/mol. The number of amides is 1. The first-order valence-corrected chi connectivity index (χ1v) is 8.02. The molecule has 0 aliphatic carbocycles. The van der Waals surface area contributed by atoms with Crippen LogP contribution < -0.4 is 5.32 Å². The van der Waals surface area contributed by atoms with Gasteiger partial charge in [0.25, 0.3) is 0 Å². The highest BCUT2D eigenvalue weighted by Gasteiger charge is 2.45. The third kappa shape index (κ3) is 4.80. The fourth-order valence-electron chi connectivity index (χ4n) is 2.41. The highest BCUT2D eigenvalue weighted by atomic mass is 35.5. The average Bonchev–Trinajstić information content (AvgIpc) is 2.40. The number of pyridine rings is 1. The van der Waals surface area contributed by atoms with E-state index in [4.69, 9.17) is 16.3 Å². The predicted octanol–water partition coefficient (Wildman–Crippen LogP) is 2.37. The van der Waals surface area contributed by atoms with Gasteiger partial charge >= 0.3 is 6.09 Å². The summed E-state index contributed by atoms with van der Waals surface area (Å²) in [6.45, 7) is 8.27. The summed E-state index contributed by atoms with van der Waals surface area (Å²) in [5.41, 5.74) is -0.602. The van der Waals surface area contributed by atoms with Gasteiger partial charge in [0.05, 0.1) is 13.1 Å². The molecule has 1 aliphatic heterocycles. The van der Waals surface area contributed by atoms with Crippen LogP contribution in [-0.2, 0) is 4.74 Å². The molecule has 7 heteroatoms. The summed E-state index contributed by atoms with van der Waals surface area (Å²) in [4.78, 5) is 17.4. The molecule has 2 N–H and O–H groups in total. The number of nitrogens with zero attached hydrogens (tertiary/aromatic N) is 2. The van der Waals surface area contributed by atoms with Crippen molar-refractivity contribution in [3.8, 4) is 0 Å².